The summed E-state index contributed by atoms with van der Waals surface area (Å²) in [4.78, 5) is 41.8. The molecule has 4 bridgehead atoms. The van der Waals surface area contributed by atoms with E-state index in [9.17, 15) is 19.5 Å². The maximum Gasteiger partial charge on any atom is 0.414 e. The molecule has 0 spiro atoms. The summed E-state index contributed by atoms with van der Waals surface area (Å²) < 4.78 is 12.0. The first kappa shape index (κ1) is 25.2. The van der Waals surface area contributed by atoms with E-state index in [0.29, 0.717) is 18.9 Å². The lowest BCUT2D eigenvalue weighted by Gasteiger charge is -2.61. The second-order valence-electron chi connectivity index (χ2n) is 12.7. The number of aliphatic hydroxyl groups excluding tert-OH is 1. The third-order valence-corrected chi connectivity index (χ3v) is 11.4. The number of hydrogen-bond donors (Lipinski definition) is 2. The van der Waals surface area contributed by atoms with Crippen LogP contribution in [0.2, 0.25) is 0 Å². The quantitative estimate of drug-likeness (QED) is 0.627. The molecule has 2 saturated heterocycles. The van der Waals surface area contributed by atoms with Gasteiger partial charge in [-0.05, 0) is 62.3 Å². The molecule has 2 aliphatic heterocycles. The van der Waals surface area contributed by atoms with Crippen LogP contribution in [0.5, 0.6) is 0 Å². The molecule has 0 radical (unpaired) electrons. The van der Waals surface area contributed by atoms with E-state index in [4.69, 9.17) is 9.47 Å². The Kier molecular flexibility index (Phi) is 6.12. The molecule has 5 rings (SSSR count). The lowest BCUT2D eigenvalue weighted by molar-refractivity contribution is -0.222. The van der Waals surface area contributed by atoms with Gasteiger partial charge in [0.1, 0.15) is 11.9 Å². The fourth-order valence-electron chi connectivity index (χ4n) is 8.86. The summed E-state index contributed by atoms with van der Waals surface area (Å²) in [5, 5.41) is 14.1. The normalized spacial score (nSPS) is 50.9. The number of piperidine rings is 1. The Morgan fingerprint density at radius 2 is 1.89 bits per heavy atom. The monoisotopic (exact) mass is 490 g/mol. The second-order valence-corrected chi connectivity index (χ2v) is 12.7. The number of rotatable bonds is 3. The summed E-state index contributed by atoms with van der Waals surface area (Å²) in [6.45, 7) is 10.8. The van der Waals surface area contributed by atoms with Crippen LogP contribution in [0.3, 0.4) is 0 Å². The number of amides is 2. The molecule has 5 fully saturated rings. The van der Waals surface area contributed by atoms with E-state index in [2.05, 4.69) is 31.0 Å². The zero-order valence-corrected chi connectivity index (χ0v) is 21.8. The summed E-state index contributed by atoms with van der Waals surface area (Å²) >= 11 is 0. The van der Waals surface area contributed by atoms with E-state index < -0.39 is 29.3 Å². The Balaban J connectivity index is 1.45. The fourth-order valence-corrected chi connectivity index (χ4v) is 8.86. The van der Waals surface area contributed by atoms with Crippen molar-refractivity contribution >= 4 is 17.8 Å². The first-order valence-corrected chi connectivity index (χ1v) is 13.5. The topological polar surface area (TPSA) is 105 Å². The number of alkyl carbamates (subject to hydrolysis) is 1. The number of carbonyl (C=O) groups is 3. The van der Waals surface area contributed by atoms with Gasteiger partial charge in [0.25, 0.3) is 0 Å². The summed E-state index contributed by atoms with van der Waals surface area (Å²) in [5.74, 6) is -0.238. The van der Waals surface area contributed by atoms with Crippen LogP contribution in [-0.2, 0) is 19.1 Å². The Morgan fingerprint density at radius 3 is 2.51 bits per heavy atom. The molecule has 2 heterocycles. The van der Waals surface area contributed by atoms with Gasteiger partial charge in [0, 0.05) is 44.4 Å². The van der Waals surface area contributed by atoms with Gasteiger partial charge in [0.2, 0.25) is 5.91 Å². The van der Waals surface area contributed by atoms with E-state index in [-0.39, 0.29) is 47.2 Å². The van der Waals surface area contributed by atoms with Crippen molar-refractivity contribution in [2.45, 2.75) is 84.0 Å². The van der Waals surface area contributed by atoms with Crippen molar-refractivity contribution in [2.75, 3.05) is 26.7 Å². The molecule has 0 aromatic rings. The van der Waals surface area contributed by atoms with Gasteiger partial charge in [0.15, 0.2) is 0 Å². The third-order valence-electron chi connectivity index (χ3n) is 11.4. The molecule has 35 heavy (non-hydrogen) atoms. The largest absolute Gasteiger partial charge is 0.445 e. The number of nitrogens with one attached hydrogen (secondary N) is 1. The minimum absolute atomic E-state index is 0.125. The predicted molar refractivity (Wildman–Crippen MR) is 128 cm³/mol. The first-order chi connectivity index (χ1) is 16.5. The molecule has 3 saturated carbocycles. The summed E-state index contributed by atoms with van der Waals surface area (Å²) in [6, 6.07) is 0. The van der Waals surface area contributed by atoms with Crippen molar-refractivity contribution in [3.05, 3.63) is 0 Å². The number of nitrogens with zero attached hydrogens (tertiary/aromatic N) is 1. The van der Waals surface area contributed by atoms with Gasteiger partial charge < -0.3 is 19.5 Å². The van der Waals surface area contributed by atoms with Gasteiger partial charge in [-0.1, -0.05) is 20.8 Å². The van der Waals surface area contributed by atoms with Crippen LogP contribution in [0.15, 0.2) is 0 Å². The van der Waals surface area contributed by atoms with E-state index in [1.165, 1.54) is 0 Å². The lowest BCUT2D eigenvalue weighted by atomic mass is 9.45. The summed E-state index contributed by atoms with van der Waals surface area (Å²) in [6.07, 6.45) is 2.02. The first-order valence-electron chi connectivity index (χ1n) is 13.5. The fraction of sp³-hybridized carbons (Fsp3) is 0.889. The Bertz CT molecular complexity index is 910. The third kappa shape index (κ3) is 3.61. The van der Waals surface area contributed by atoms with Crippen molar-refractivity contribution in [2.24, 2.45) is 40.4 Å². The minimum atomic E-state index is -0.950. The highest BCUT2D eigenvalue weighted by molar-refractivity contribution is 5.93. The predicted octanol–water partition coefficient (Wildman–Crippen LogP) is 2.77. The Labute approximate surface area is 208 Å². The second kappa shape index (κ2) is 8.52. The maximum atomic E-state index is 13.4. The average Bonchev–Trinajstić information content (AvgIpc) is 3.55. The molecule has 0 aromatic heterocycles. The highest BCUT2D eigenvalue weighted by atomic mass is 16.6. The number of imide groups is 1. The zero-order valence-electron chi connectivity index (χ0n) is 21.8. The number of ether oxygens (including phenoxy) is 2. The van der Waals surface area contributed by atoms with Crippen LogP contribution in [0.1, 0.15) is 66.2 Å². The van der Waals surface area contributed by atoms with Crippen molar-refractivity contribution in [3.63, 3.8) is 0 Å². The van der Waals surface area contributed by atoms with Crippen molar-refractivity contribution in [1.29, 1.82) is 0 Å². The number of ketones is 1. The molecule has 8 heteroatoms. The molecule has 5 aliphatic rings. The molecule has 11 atom stereocenters. The highest BCUT2D eigenvalue weighted by Gasteiger charge is 2.68. The summed E-state index contributed by atoms with van der Waals surface area (Å²) in [5.41, 5.74) is -1.91. The average molecular weight is 491 g/mol. The summed E-state index contributed by atoms with van der Waals surface area (Å²) in [7, 11) is 1.58. The lowest BCUT2D eigenvalue weighted by Crippen LogP contribution is -2.65. The molecule has 2 amide bonds. The van der Waals surface area contributed by atoms with Crippen LogP contribution in [-0.4, -0.2) is 72.3 Å². The molecule has 0 aromatic carbocycles. The zero-order chi connectivity index (χ0) is 25.3. The molecule has 2 N–H and O–H groups in total. The van der Waals surface area contributed by atoms with Gasteiger partial charge in [-0.15, -0.1) is 0 Å². The molecule has 4 unspecified atom stereocenters. The van der Waals surface area contributed by atoms with Crippen molar-refractivity contribution in [3.8, 4) is 0 Å². The number of carbonyl (C=O) groups excluding carboxylic acids is 3. The highest BCUT2D eigenvalue weighted by Crippen LogP contribution is 2.67. The maximum absolute atomic E-state index is 13.4. The number of fused-ring (bicyclic) bond motifs is 2. The SMILES string of the molecule is CO[C@]1(C)C[C@@H](OC(=O)NC(=O)[C@H]2CN3CCC2C3)[C@@]2(C)C3C(=O)CCC3(CC[C@H]2C)[C@@H](C)[C@@H]1O. The number of Topliss-reactive ketones (excluding diaryl/α,β-unsaturated/α-hetero) is 1. The molecule has 196 valence electrons. The van der Waals surface area contributed by atoms with Gasteiger partial charge in [-0.2, -0.15) is 0 Å². The van der Waals surface area contributed by atoms with Crippen LogP contribution in [0, 0.1) is 40.4 Å². The Morgan fingerprint density at radius 1 is 1.14 bits per heavy atom. The molecular weight excluding hydrogens is 448 g/mol. The standard InChI is InChI=1S/C27H42N2O6/c1-15-6-9-27-10-7-19(30)21(27)26(15,4)20(12-25(3,34-5)22(31)16(27)2)35-24(33)28-23(32)18-14-29-11-8-17(18)13-29/h15-18,20-22,31H,6-14H2,1-5H3,(H,28,32,33)/t15-,16+,17?,18+,20-,21?,22+,25-,26+,27?/m1/s1. The van der Waals surface area contributed by atoms with Gasteiger partial charge in [0.05, 0.1) is 17.6 Å². The van der Waals surface area contributed by atoms with E-state index in [0.717, 1.165) is 38.8 Å². The Hall–Kier alpha value is -1.51. The molecule has 3 aliphatic carbocycles. The van der Waals surface area contributed by atoms with E-state index in [1.807, 2.05) is 6.92 Å². The van der Waals surface area contributed by atoms with Crippen LogP contribution in [0.25, 0.3) is 0 Å². The van der Waals surface area contributed by atoms with Crippen LogP contribution in [0.4, 0.5) is 4.79 Å². The van der Waals surface area contributed by atoms with Crippen molar-refractivity contribution in [1.82, 2.24) is 10.2 Å². The van der Waals surface area contributed by atoms with Crippen molar-refractivity contribution < 1.29 is 29.0 Å². The van der Waals surface area contributed by atoms with E-state index in [1.54, 1.807) is 7.11 Å². The van der Waals surface area contributed by atoms with Gasteiger partial charge in [-0.3, -0.25) is 14.9 Å². The minimum Gasteiger partial charge on any atom is -0.445 e. The molecule has 8 nitrogen and oxygen atoms in total. The smallest absolute Gasteiger partial charge is 0.414 e. The van der Waals surface area contributed by atoms with Crippen LogP contribution < -0.4 is 5.32 Å². The van der Waals surface area contributed by atoms with Crippen LogP contribution >= 0.6 is 0 Å². The van der Waals surface area contributed by atoms with Gasteiger partial charge in [-0.25, -0.2) is 4.79 Å². The van der Waals surface area contributed by atoms with E-state index >= 15 is 0 Å². The number of aliphatic hydroxyl groups is 1. The van der Waals surface area contributed by atoms with Gasteiger partial charge >= 0.3 is 6.09 Å². The number of methoxy groups -OCH3 is 1. The molecular formula is C27H42N2O6. The number of hydrogen-bond acceptors (Lipinski definition) is 7.